The van der Waals surface area contributed by atoms with E-state index in [1.165, 1.54) is 5.56 Å². The summed E-state index contributed by atoms with van der Waals surface area (Å²) in [6, 6.07) is 26.1. The van der Waals surface area contributed by atoms with Crippen molar-refractivity contribution in [1.82, 2.24) is 9.97 Å². The molecule has 0 bridgehead atoms. The molecule has 0 aliphatic rings. The number of ether oxygens (including phenoxy) is 2. The standard InChI is InChI=1S/C28H27N3O2/c1-32-27-18-26(30-24-13-6-5-12-22(24)27)28-21(11-7-8-16-29)23-17-20(14-15-25(23)31-28)33-19-9-3-2-4-10-19/h2-6,9-10,12-15,17-18,31H,7-8,11,16,29H2,1H3. The van der Waals surface area contributed by atoms with Crippen LogP contribution in [0.3, 0.4) is 0 Å². The maximum absolute atomic E-state index is 6.11. The number of aromatic amines is 1. The fourth-order valence-corrected chi connectivity index (χ4v) is 4.28. The second-order valence-corrected chi connectivity index (χ2v) is 8.07. The number of pyridine rings is 1. The van der Waals surface area contributed by atoms with E-state index in [9.17, 15) is 0 Å². The molecule has 0 saturated heterocycles. The van der Waals surface area contributed by atoms with Crippen LogP contribution in [0.15, 0.2) is 78.9 Å². The summed E-state index contributed by atoms with van der Waals surface area (Å²) in [5, 5.41) is 2.15. The van der Waals surface area contributed by atoms with Crippen molar-refractivity contribution in [3.05, 3.63) is 84.4 Å². The van der Waals surface area contributed by atoms with Crippen LogP contribution in [0.25, 0.3) is 33.2 Å². The first kappa shape index (κ1) is 21.0. The van der Waals surface area contributed by atoms with E-state index in [2.05, 4.69) is 17.1 Å². The quantitative estimate of drug-likeness (QED) is 0.273. The van der Waals surface area contributed by atoms with Gasteiger partial charge in [0.1, 0.15) is 17.2 Å². The molecule has 0 saturated carbocycles. The van der Waals surface area contributed by atoms with Crippen LogP contribution in [0.4, 0.5) is 0 Å². The van der Waals surface area contributed by atoms with E-state index < -0.39 is 0 Å². The highest BCUT2D eigenvalue weighted by atomic mass is 16.5. The molecule has 0 atom stereocenters. The Labute approximate surface area is 193 Å². The Morgan fingerprint density at radius 1 is 0.848 bits per heavy atom. The van der Waals surface area contributed by atoms with Crippen molar-refractivity contribution < 1.29 is 9.47 Å². The summed E-state index contributed by atoms with van der Waals surface area (Å²) in [7, 11) is 1.70. The molecule has 0 radical (unpaired) electrons. The number of hydrogen-bond acceptors (Lipinski definition) is 4. The van der Waals surface area contributed by atoms with Crippen LogP contribution in [0.1, 0.15) is 18.4 Å². The molecule has 33 heavy (non-hydrogen) atoms. The van der Waals surface area contributed by atoms with Gasteiger partial charge in [0.15, 0.2) is 0 Å². The van der Waals surface area contributed by atoms with Gasteiger partial charge in [-0.15, -0.1) is 0 Å². The van der Waals surface area contributed by atoms with Crippen LogP contribution in [0.5, 0.6) is 17.2 Å². The number of aromatic nitrogens is 2. The number of nitrogens with one attached hydrogen (secondary N) is 1. The van der Waals surface area contributed by atoms with Crippen LogP contribution in [0.2, 0.25) is 0 Å². The van der Waals surface area contributed by atoms with Crippen molar-refractivity contribution in [2.75, 3.05) is 13.7 Å². The van der Waals surface area contributed by atoms with Crippen molar-refractivity contribution in [3.63, 3.8) is 0 Å². The summed E-state index contributed by atoms with van der Waals surface area (Å²) < 4.78 is 11.8. The Bertz CT molecular complexity index is 1390. The molecule has 5 rings (SSSR count). The number of methoxy groups -OCH3 is 1. The number of fused-ring (bicyclic) bond motifs is 2. The first-order valence-corrected chi connectivity index (χ1v) is 11.3. The molecule has 2 aromatic heterocycles. The second-order valence-electron chi connectivity index (χ2n) is 8.07. The third-order valence-corrected chi connectivity index (χ3v) is 5.89. The molecule has 166 valence electrons. The Hall–Kier alpha value is -3.83. The summed E-state index contributed by atoms with van der Waals surface area (Å²) in [6.07, 6.45) is 2.88. The van der Waals surface area contributed by atoms with Gasteiger partial charge in [0.25, 0.3) is 0 Å². The lowest BCUT2D eigenvalue weighted by molar-refractivity contribution is 0.419. The van der Waals surface area contributed by atoms with Gasteiger partial charge in [-0.25, -0.2) is 4.98 Å². The molecule has 0 aliphatic heterocycles. The van der Waals surface area contributed by atoms with Crippen molar-refractivity contribution in [2.45, 2.75) is 19.3 Å². The SMILES string of the molecule is COc1cc(-c2[nH]c3ccc(Oc4ccccc4)cc3c2CCCCN)nc2ccccc12. The number of nitrogens with two attached hydrogens (primary N) is 1. The van der Waals surface area contributed by atoms with Crippen LogP contribution in [0, 0.1) is 0 Å². The second kappa shape index (κ2) is 9.35. The Kier molecular flexibility index (Phi) is 5.96. The highest BCUT2D eigenvalue weighted by Crippen LogP contribution is 2.36. The van der Waals surface area contributed by atoms with Crippen LogP contribution in [-0.4, -0.2) is 23.6 Å². The maximum atomic E-state index is 6.11. The molecule has 3 N–H and O–H groups in total. The number of unbranched alkanes of at least 4 members (excludes halogenated alkanes) is 1. The van der Waals surface area contributed by atoms with E-state index in [0.717, 1.165) is 69.7 Å². The van der Waals surface area contributed by atoms with E-state index in [0.29, 0.717) is 6.54 Å². The first-order valence-electron chi connectivity index (χ1n) is 11.3. The van der Waals surface area contributed by atoms with E-state index in [4.69, 9.17) is 20.2 Å². The van der Waals surface area contributed by atoms with Gasteiger partial charge in [-0.3, -0.25) is 0 Å². The van der Waals surface area contributed by atoms with Gasteiger partial charge in [0.2, 0.25) is 0 Å². The summed E-state index contributed by atoms with van der Waals surface area (Å²) in [4.78, 5) is 8.57. The molecule has 5 nitrogen and oxygen atoms in total. The fraction of sp³-hybridized carbons (Fsp3) is 0.179. The highest BCUT2D eigenvalue weighted by Gasteiger charge is 2.17. The zero-order valence-electron chi connectivity index (χ0n) is 18.7. The molecule has 2 heterocycles. The minimum atomic E-state index is 0.683. The largest absolute Gasteiger partial charge is 0.496 e. The van der Waals surface area contributed by atoms with Gasteiger partial charge in [-0.2, -0.15) is 0 Å². The highest BCUT2D eigenvalue weighted by molar-refractivity contribution is 5.93. The zero-order chi connectivity index (χ0) is 22.6. The molecular formula is C28H27N3O2. The van der Waals surface area contributed by atoms with E-state index >= 15 is 0 Å². The van der Waals surface area contributed by atoms with Gasteiger partial charge in [-0.1, -0.05) is 30.3 Å². The zero-order valence-corrected chi connectivity index (χ0v) is 18.7. The molecule has 0 aliphatic carbocycles. The summed E-state index contributed by atoms with van der Waals surface area (Å²) in [6.45, 7) is 0.683. The predicted molar refractivity (Wildman–Crippen MR) is 134 cm³/mol. The molecule has 0 unspecified atom stereocenters. The smallest absolute Gasteiger partial charge is 0.130 e. The van der Waals surface area contributed by atoms with Crippen molar-refractivity contribution in [1.29, 1.82) is 0 Å². The number of para-hydroxylation sites is 2. The number of benzene rings is 3. The molecule has 3 aromatic carbocycles. The van der Waals surface area contributed by atoms with Crippen molar-refractivity contribution >= 4 is 21.8 Å². The molecule has 0 fully saturated rings. The monoisotopic (exact) mass is 437 g/mol. The van der Waals surface area contributed by atoms with Gasteiger partial charge in [0, 0.05) is 22.4 Å². The molecule has 5 heteroatoms. The minimum Gasteiger partial charge on any atom is -0.496 e. The molecular weight excluding hydrogens is 410 g/mol. The van der Waals surface area contributed by atoms with Gasteiger partial charge in [-0.05, 0) is 73.8 Å². The van der Waals surface area contributed by atoms with Gasteiger partial charge < -0.3 is 20.2 Å². The fourth-order valence-electron chi connectivity index (χ4n) is 4.28. The van der Waals surface area contributed by atoms with Crippen LogP contribution >= 0.6 is 0 Å². The summed E-state index contributed by atoms with van der Waals surface area (Å²) in [5.41, 5.74) is 10.9. The maximum Gasteiger partial charge on any atom is 0.130 e. The normalized spacial score (nSPS) is 11.2. The lowest BCUT2D eigenvalue weighted by Crippen LogP contribution is -2.00. The van der Waals surface area contributed by atoms with Crippen LogP contribution in [-0.2, 0) is 6.42 Å². The average Bonchev–Trinajstić information content (AvgIpc) is 3.22. The lowest BCUT2D eigenvalue weighted by atomic mass is 10.0. The molecule has 5 aromatic rings. The Morgan fingerprint density at radius 2 is 1.67 bits per heavy atom. The summed E-state index contributed by atoms with van der Waals surface area (Å²) in [5.74, 6) is 2.44. The topological polar surface area (TPSA) is 73.2 Å². The number of nitrogens with zero attached hydrogens (tertiary/aromatic N) is 1. The van der Waals surface area contributed by atoms with Crippen LogP contribution < -0.4 is 15.2 Å². The van der Waals surface area contributed by atoms with E-state index in [1.54, 1.807) is 7.11 Å². The Balaban J connectivity index is 1.63. The van der Waals surface area contributed by atoms with Crippen molar-refractivity contribution in [3.8, 4) is 28.6 Å². The average molecular weight is 438 g/mol. The lowest BCUT2D eigenvalue weighted by Gasteiger charge is -2.10. The Morgan fingerprint density at radius 3 is 2.48 bits per heavy atom. The summed E-state index contributed by atoms with van der Waals surface area (Å²) >= 11 is 0. The third kappa shape index (κ3) is 4.28. The number of hydrogen-bond donors (Lipinski definition) is 2. The first-order chi connectivity index (χ1) is 16.3. The molecule has 0 spiro atoms. The third-order valence-electron chi connectivity index (χ3n) is 5.89. The number of H-pyrrole nitrogens is 1. The predicted octanol–water partition coefficient (Wildman–Crippen LogP) is 6.47. The van der Waals surface area contributed by atoms with Gasteiger partial charge >= 0.3 is 0 Å². The van der Waals surface area contributed by atoms with Crippen molar-refractivity contribution in [2.24, 2.45) is 5.73 Å². The van der Waals surface area contributed by atoms with E-state index in [1.807, 2.05) is 66.7 Å². The van der Waals surface area contributed by atoms with Gasteiger partial charge in [0.05, 0.1) is 24.0 Å². The number of aryl methyl sites for hydroxylation is 1. The minimum absolute atomic E-state index is 0.683. The molecule has 0 amide bonds. The van der Waals surface area contributed by atoms with E-state index in [-0.39, 0.29) is 0 Å². The number of rotatable bonds is 8.